The van der Waals surface area contributed by atoms with Crippen LogP contribution in [0.15, 0.2) is 0 Å². The number of hydrogen-bond donors (Lipinski definition) is 0. The van der Waals surface area contributed by atoms with Crippen molar-refractivity contribution in [3.8, 4) is 6.07 Å². The van der Waals surface area contributed by atoms with Crippen LogP contribution >= 0.6 is 0 Å². The fourth-order valence-electron chi connectivity index (χ4n) is 3.26. The summed E-state index contributed by atoms with van der Waals surface area (Å²) in [5.41, 5.74) is -0.131. The van der Waals surface area contributed by atoms with E-state index in [2.05, 4.69) is 6.07 Å². The third-order valence-corrected chi connectivity index (χ3v) is 4.68. The molecule has 0 unspecified atom stereocenters. The molecule has 0 radical (unpaired) electrons. The first kappa shape index (κ1) is 16.9. The Morgan fingerprint density at radius 3 is 2.05 bits per heavy atom. The zero-order valence-electron chi connectivity index (χ0n) is 12.5. The number of aldehydes is 2. The van der Waals surface area contributed by atoms with E-state index in [1.807, 2.05) is 0 Å². The van der Waals surface area contributed by atoms with Gasteiger partial charge in [0.05, 0.1) is 6.07 Å². The van der Waals surface area contributed by atoms with Crippen LogP contribution in [-0.4, -0.2) is 12.6 Å². The van der Waals surface area contributed by atoms with Gasteiger partial charge in [0, 0.05) is 17.8 Å². The number of nitriles is 1. The lowest BCUT2D eigenvalue weighted by Crippen LogP contribution is -2.25. The molecule has 0 N–H and O–H groups in total. The minimum atomic E-state index is -0.131. The Bertz CT molecular complexity index is 320. The maximum atomic E-state index is 10.9. The predicted molar refractivity (Wildman–Crippen MR) is 79.1 cm³/mol. The first-order valence-electron chi connectivity index (χ1n) is 8.05. The van der Waals surface area contributed by atoms with Crippen molar-refractivity contribution in [2.75, 3.05) is 0 Å². The molecule has 0 aliphatic heterocycles. The topological polar surface area (TPSA) is 57.9 Å². The lowest BCUT2D eigenvalue weighted by atomic mass is 9.72. The number of hydrogen-bond acceptors (Lipinski definition) is 3. The van der Waals surface area contributed by atoms with Crippen molar-refractivity contribution in [3.63, 3.8) is 0 Å². The third-order valence-electron chi connectivity index (χ3n) is 4.68. The summed E-state index contributed by atoms with van der Waals surface area (Å²) in [6, 6.07) is 2.12. The van der Waals surface area contributed by atoms with E-state index in [0.29, 0.717) is 12.3 Å². The van der Waals surface area contributed by atoms with E-state index >= 15 is 0 Å². The van der Waals surface area contributed by atoms with Crippen LogP contribution in [0.4, 0.5) is 0 Å². The monoisotopic (exact) mass is 277 g/mol. The smallest absolute Gasteiger partial charge is 0.126 e. The van der Waals surface area contributed by atoms with Gasteiger partial charge in [0.2, 0.25) is 0 Å². The molecule has 2 saturated carbocycles. The average molecular weight is 277 g/mol. The predicted octanol–water partition coefficient (Wildman–Crippen LogP) is 4.21. The standard InChI is InChI=1S/C10H15NO.C7H12O/c11-8-4-7-10(9-12)5-2-1-3-6-10;8-6-7-4-2-1-3-5-7/h9H,1-7H2;6-7H,1-5H2. The molecule has 112 valence electrons. The normalized spacial score (nSPS) is 21.9. The average Bonchev–Trinajstić information content (AvgIpc) is 2.55. The van der Waals surface area contributed by atoms with E-state index in [9.17, 15) is 9.59 Å². The molecule has 2 aliphatic rings. The van der Waals surface area contributed by atoms with Gasteiger partial charge in [-0.05, 0) is 32.1 Å². The minimum Gasteiger partial charge on any atom is -0.303 e. The summed E-state index contributed by atoms with van der Waals surface area (Å²) in [5.74, 6) is 0.406. The van der Waals surface area contributed by atoms with Gasteiger partial charge in [-0.2, -0.15) is 5.26 Å². The molecular formula is C17H27NO2. The van der Waals surface area contributed by atoms with Gasteiger partial charge in [-0.15, -0.1) is 0 Å². The fraction of sp³-hybridized carbons (Fsp3) is 0.824. The molecule has 0 atom stereocenters. The fourth-order valence-corrected chi connectivity index (χ4v) is 3.26. The summed E-state index contributed by atoms with van der Waals surface area (Å²) in [6.45, 7) is 0. The van der Waals surface area contributed by atoms with Crippen LogP contribution in [0.5, 0.6) is 0 Å². The van der Waals surface area contributed by atoms with E-state index in [0.717, 1.165) is 57.5 Å². The summed E-state index contributed by atoms with van der Waals surface area (Å²) in [5, 5.41) is 8.44. The third kappa shape index (κ3) is 5.86. The molecule has 0 amide bonds. The van der Waals surface area contributed by atoms with Gasteiger partial charge in [0.15, 0.2) is 0 Å². The summed E-state index contributed by atoms with van der Waals surface area (Å²) in [6.07, 6.45) is 15.2. The Kier molecular flexibility index (Phi) is 8.18. The highest BCUT2D eigenvalue weighted by atomic mass is 16.1. The highest BCUT2D eigenvalue weighted by Crippen LogP contribution is 2.38. The van der Waals surface area contributed by atoms with E-state index in [1.54, 1.807) is 0 Å². The van der Waals surface area contributed by atoms with Crippen LogP contribution < -0.4 is 0 Å². The second kappa shape index (κ2) is 9.69. The number of rotatable bonds is 4. The summed E-state index contributed by atoms with van der Waals surface area (Å²) in [4.78, 5) is 21.0. The molecule has 0 aromatic carbocycles. The highest BCUT2D eigenvalue weighted by molar-refractivity contribution is 5.59. The van der Waals surface area contributed by atoms with Gasteiger partial charge in [-0.3, -0.25) is 0 Å². The van der Waals surface area contributed by atoms with Crippen molar-refractivity contribution in [3.05, 3.63) is 0 Å². The Labute approximate surface area is 122 Å². The zero-order chi connectivity index (χ0) is 14.7. The molecule has 0 spiro atoms. The van der Waals surface area contributed by atoms with Gasteiger partial charge in [0.1, 0.15) is 12.6 Å². The van der Waals surface area contributed by atoms with Crippen LogP contribution in [0.25, 0.3) is 0 Å². The van der Waals surface area contributed by atoms with E-state index in [4.69, 9.17) is 5.26 Å². The molecule has 2 aliphatic carbocycles. The molecule has 3 nitrogen and oxygen atoms in total. The molecule has 0 aromatic heterocycles. The second-order valence-electron chi connectivity index (χ2n) is 6.23. The largest absolute Gasteiger partial charge is 0.303 e. The molecular weight excluding hydrogens is 250 g/mol. The van der Waals surface area contributed by atoms with Crippen molar-refractivity contribution >= 4 is 12.6 Å². The van der Waals surface area contributed by atoms with Crippen molar-refractivity contribution in [2.45, 2.75) is 77.0 Å². The maximum Gasteiger partial charge on any atom is 0.126 e. The highest BCUT2D eigenvalue weighted by Gasteiger charge is 2.30. The van der Waals surface area contributed by atoms with E-state index < -0.39 is 0 Å². The van der Waals surface area contributed by atoms with Crippen LogP contribution in [-0.2, 0) is 9.59 Å². The minimum absolute atomic E-state index is 0.131. The Hall–Kier alpha value is -1.17. The molecule has 2 fully saturated rings. The zero-order valence-corrected chi connectivity index (χ0v) is 12.5. The van der Waals surface area contributed by atoms with Gasteiger partial charge < -0.3 is 9.59 Å². The van der Waals surface area contributed by atoms with Crippen molar-refractivity contribution in [1.82, 2.24) is 0 Å². The van der Waals surface area contributed by atoms with E-state index in [1.165, 1.54) is 25.7 Å². The van der Waals surface area contributed by atoms with Crippen LogP contribution in [0.3, 0.4) is 0 Å². The molecule has 0 saturated heterocycles. The Morgan fingerprint density at radius 1 is 1.00 bits per heavy atom. The first-order valence-corrected chi connectivity index (χ1v) is 8.05. The van der Waals surface area contributed by atoms with Crippen molar-refractivity contribution < 1.29 is 9.59 Å². The van der Waals surface area contributed by atoms with Crippen LogP contribution in [0.2, 0.25) is 0 Å². The van der Waals surface area contributed by atoms with Crippen LogP contribution in [0.1, 0.15) is 77.0 Å². The maximum absolute atomic E-state index is 10.9. The number of nitrogens with zero attached hydrogens (tertiary/aromatic N) is 1. The van der Waals surface area contributed by atoms with Crippen LogP contribution in [0, 0.1) is 22.7 Å². The van der Waals surface area contributed by atoms with Crippen molar-refractivity contribution in [2.24, 2.45) is 11.3 Å². The van der Waals surface area contributed by atoms with Gasteiger partial charge in [-0.1, -0.05) is 38.5 Å². The quantitative estimate of drug-likeness (QED) is 0.723. The van der Waals surface area contributed by atoms with Gasteiger partial charge in [-0.25, -0.2) is 0 Å². The molecule has 3 heteroatoms. The lowest BCUT2D eigenvalue weighted by Gasteiger charge is -2.31. The van der Waals surface area contributed by atoms with E-state index in [-0.39, 0.29) is 5.41 Å². The molecule has 0 heterocycles. The number of carbonyl (C=O) groups is 2. The Balaban J connectivity index is 0.000000217. The summed E-state index contributed by atoms with van der Waals surface area (Å²) >= 11 is 0. The van der Waals surface area contributed by atoms with Gasteiger partial charge in [0.25, 0.3) is 0 Å². The Morgan fingerprint density at radius 2 is 1.60 bits per heavy atom. The van der Waals surface area contributed by atoms with Gasteiger partial charge >= 0.3 is 0 Å². The molecule has 20 heavy (non-hydrogen) atoms. The molecule has 0 bridgehead atoms. The molecule has 2 rings (SSSR count). The first-order chi connectivity index (χ1) is 9.76. The molecule has 0 aromatic rings. The summed E-state index contributed by atoms with van der Waals surface area (Å²) in [7, 11) is 0. The number of carbonyl (C=O) groups excluding carboxylic acids is 2. The second-order valence-corrected chi connectivity index (χ2v) is 6.23. The lowest BCUT2D eigenvalue weighted by molar-refractivity contribution is -0.118. The summed E-state index contributed by atoms with van der Waals surface area (Å²) < 4.78 is 0. The van der Waals surface area contributed by atoms with Crippen molar-refractivity contribution in [1.29, 1.82) is 5.26 Å². The SMILES string of the molecule is N#CCCC1(C=O)CCCCC1.O=CC1CCCCC1.